The van der Waals surface area contributed by atoms with Gasteiger partial charge in [0.15, 0.2) is 5.82 Å². The van der Waals surface area contributed by atoms with Crippen LogP contribution in [0, 0.1) is 6.92 Å². The van der Waals surface area contributed by atoms with Crippen molar-refractivity contribution in [2.24, 2.45) is 5.84 Å². The third-order valence-electron chi connectivity index (χ3n) is 2.87. The number of hydrazine groups is 1. The first kappa shape index (κ1) is 13.5. The molecule has 0 saturated heterocycles. The van der Waals surface area contributed by atoms with Crippen LogP contribution in [-0.2, 0) is 11.2 Å². The van der Waals surface area contributed by atoms with Gasteiger partial charge in [-0.25, -0.2) is 10.8 Å². The van der Waals surface area contributed by atoms with Crippen LogP contribution in [-0.4, -0.2) is 39.8 Å². The lowest BCUT2D eigenvalue weighted by atomic mass is 10.2. The molecule has 0 atom stereocenters. The molecule has 2 rings (SSSR count). The highest BCUT2D eigenvalue weighted by atomic mass is 16.5. The number of nitrogens with zero attached hydrogens (tertiary/aromatic N) is 4. The van der Waals surface area contributed by atoms with Gasteiger partial charge in [-0.1, -0.05) is 6.92 Å². The maximum atomic E-state index is 5.59. The molecule has 8 nitrogen and oxygen atoms in total. The second-order valence-corrected chi connectivity index (χ2v) is 4.09. The van der Waals surface area contributed by atoms with Crippen molar-refractivity contribution in [3.8, 4) is 0 Å². The van der Waals surface area contributed by atoms with E-state index in [0.717, 1.165) is 23.5 Å². The molecule has 19 heavy (non-hydrogen) atoms. The molecule has 2 heterocycles. The molecule has 0 aliphatic carbocycles. The number of nitrogens with one attached hydrogen (secondary N) is 2. The van der Waals surface area contributed by atoms with Crippen LogP contribution >= 0.6 is 0 Å². The number of fused-ring (bicyclic) bond motifs is 1. The van der Waals surface area contributed by atoms with Gasteiger partial charge in [0.2, 0.25) is 5.95 Å². The van der Waals surface area contributed by atoms with Crippen LogP contribution in [0.3, 0.4) is 0 Å². The van der Waals surface area contributed by atoms with Crippen LogP contribution in [0.2, 0.25) is 0 Å². The predicted octanol–water partition coefficient (Wildman–Crippen LogP) is 0.339. The Balaban J connectivity index is 2.41. The highest BCUT2D eigenvalue weighted by molar-refractivity contribution is 5.53. The topological polar surface area (TPSA) is 102 Å². The SMILES string of the molecule is CCc1c(C)nc2nc(NCCOC)nn2c1NN. The predicted molar refractivity (Wildman–Crippen MR) is 73.1 cm³/mol. The van der Waals surface area contributed by atoms with Crippen LogP contribution in [0.15, 0.2) is 0 Å². The van der Waals surface area contributed by atoms with Crippen molar-refractivity contribution in [1.29, 1.82) is 0 Å². The number of nitrogens with two attached hydrogens (primary N) is 1. The first-order chi connectivity index (χ1) is 9.21. The van der Waals surface area contributed by atoms with Gasteiger partial charge in [-0.15, -0.1) is 5.10 Å². The summed E-state index contributed by atoms with van der Waals surface area (Å²) in [6, 6.07) is 0. The normalized spacial score (nSPS) is 10.9. The monoisotopic (exact) mass is 265 g/mol. The molecule has 0 radical (unpaired) electrons. The van der Waals surface area contributed by atoms with Gasteiger partial charge in [0.05, 0.1) is 6.61 Å². The molecular weight excluding hydrogens is 246 g/mol. The summed E-state index contributed by atoms with van der Waals surface area (Å²) in [6.45, 7) is 5.21. The Kier molecular flexibility index (Phi) is 4.13. The molecule has 0 aliphatic rings. The molecule has 0 saturated carbocycles. The third-order valence-corrected chi connectivity index (χ3v) is 2.87. The fourth-order valence-electron chi connectivity index (χ4n) is 1.95. The molecule has 2 aromatic rings. The summed E-state index contributed by atoms with van der Waals surface area (Å²) in [4.78, 5) is 8.73. The Labute approximate surface area is 111 Å². The van der Waals surface area contributed by atoms with E-state index >= 15 is 0 Å². The average Bonchev–Trinajstić information content (AvgIpc) is 2.79. The lowest BCUT2D eigenvalue weighted by Crippen LogP contribution is -2.16. The minimum absolute atomic E-state index is 0.508. The first-order valence-electron chi connectivity index (χ1n) is 6.17. The molecule has 0 fully saturated rings. The van der Waals surface area contributed by atoms with Gasteiger partial charge in [0, 0.05) is 24.9 Å². The van der Waals surface area contributed by atoms with E-state index in [1.54, 1.807) is 11.6 Å². The Morgan fingerprint density at radius 3 is 2.79 bits per heavy atom. The van der Waals surface area contributed by atoms with E-state index < -0.39 is 0 Å². The summed E-state index contributed by atoms with van der Waals surface area (Å²) >= 11 is 0. The minimum Gasteiger partial charge on any atom is -0.383 e. The number of rotatable bonds is 6. The van der Waals surface area contributed by atoms with E-state index in [1.807, 2.05) is 13.8 Å². The summed E-state index contributed by atoms with van der Waals surface area (Å²) in [5.74, 6) is 7.33. The van der Waals surface area contributed by atoms with Gasteiger partial charge in [-0.3, -0.25) is 0 Å². The van der Waals surface area contributed by atoms with Crippen LogP contribution in [0.1, 0.15) is 18.2 Å². The van der Waals surface area contributed by atoms with Crippen molar-refractivity contribution < 1.29 is 4.74 Å². The van der Waals surface area contributed by atoms with Crippen LogP contribution in [0.5, 0.6) is 0 Å². The molecule has 0 aliphatic heterocycles. The number of anilines is 2. The zero-order valence-electron chi connectivity index (χ0n) is 11.4. The van der Waals surface area contributed by atoms with Crippen molar-refractivity contribution in [3.63, 3.8) is 0 Å². The summed E-state index contributed by atoms with van der Waals surface area (Å²) < 4.78 is 6.58. The van der Waals surface area contributed by atoms with Gasteiger partial charge < -0.3 is 15.5 Å². The second kappa shape index (κ2) is 5.81. The quantitative estimate of drug-likeness (QED) is 0.393. The average molecular weight is 265 g/mol. The van der Waals surface area contributed by atoms with Gasteiger partial charge in [-0.2, -0.15) is 9.50 Å². The molecule has 104 valence electrons. The molecular formula is C11H19N7O. The van der Waals surface area contributed by atoms with Crippen molar-refractivity contribution in [1.82, 2.24) is 19.6 Å². The number of hydrogen-bond acceptors (Lipinski definition) is 7. The van der Waals surface area contributed by atoms with Crippen LogP contribution in [0.4, 0.5) is 11.8 Å². The fourth-order valence-corrected chi connectivity index (χ4v) is 1.95. The number of aromatic nitrogens is 4. The van der Waals surface area contributed by atoms with E-state index in [1.165, 1.54) is 0 Å². The summed E-state index contributed by atoms with van der Waals surface area (Å²) in [5.41, 5.74) is 4.61. The molecule has 0 spiro atoms. The maximum Gasteiger partial charge on any atom is 0.256 e. The largest absolute Gasteiger partial charge is 0.383 e. The fraction of sp³-hybridized carbons (Fsp3) is 0.545. The Hall–Kier alpha value is -1.93. The molecule has 0 bridgehead atoms. The van der Waals surface area contributed by atoms with Gasteiger partial charge >= 0.3 is 0 Å². The number of aryl methyl sites for hydroxylation is 1. The number of ether oxygens (including phenoxy) is 1. The Morgan fingerprint density at radius 2 is 2.16 bits per heavy atom. The van der Waals surface area contributed by atoms with E-state index in [9.17, 15) is 0 Å². The molecule has 0 unspecified atom stereocenters. The zero-order chi connectivity index (χ0) is 13.8. The van der Waals surface area contributed by atoms with E-state index in [0.29, 0.717) is 24.9 Å². The highest BCUT2D eigenvalue weighted by Gasteiger charge is 2.14. The zero-order valence-corrected chi connectivity index (χ0v) is 11.4. The molecule has 2 aromatic heterocycles. The van der Waals surface area contributed by atoms with Crippen molar-refractivity contribution in [2.75, 3.05) is 31.0 Å². The lowest BCUT2D eigenvalue weighted by molar-refractivity contribution is 0.210. The van der Waals surface area contributed by atoms with Crippen molar-refractivity contribution in [2.45, 2.75) is 20.3 Å². The molecule has 0 amide bonds. The number of nitrogen functional groups attached to an aromatic ring is 1. The van der Waals surface area contributed by atoms with Crippen LogP contribution in [0.25, 0.3) is 5.78 Å². The maximum absolute atomic E-state index is 5.59. The highest BCUT2D eigenvalue weighted by Crippen LogP contribution is 2.19. The van der Waals surface area contributed by atoms with Crippen LogP contribution < -0.4 is 16.6 Å². The standard InChI is InChI=1S/C11H19N7O/c1-4-8-7(2)14-11-15-10(13-5-6-19-3)17-18(11)9(8)16-12/h16H,4-6,12H2,1-3H3,(H,13,17). The molecule has 8 heteroatoms. The molecule has 0 aromatic carbocycles. The number of methoxy groups -OCH3 is 1. The smallest absolute Gasteiger partial charge is 0.256 e. The lowest BCUT2D eigenvalue weighted by Gasteiger charge is -2.10. The van der Waals surface area contributed by atoms with Gasteiger partial charge in [0.1, 0.15) is 0 Å². The number of hydrogen-bond donors (Lipinski definition) is 3. The molecule has 4 N–H and O–H groups in total. The Bertz CT molecular complexity index is 566. The van der Waals surface area contributed by atoms with Gasteiger partial charge in [-0.05, 0) is 13.3 Å². The van der Waals surface area contributed by atoms with E-state index in [2.05, 4.69) is 25.8 Å². The summed E-state index contributed by atoms with van der Waals surface area (Å²) in [5, 5.41) is 7.41. The van der Waals surface area contributed by atoms with Crippen molar-refractivity contribution >= 4 is 17.5 Å². The van der Waals surface area contributed by atoms with E-state index in [-0.39, 0.29) is 0 Å². The summed E-state index contributed by atoms with van der Waals surface area (Å²) in [6.07, 6.45) is 0.820. The third kappa shape index (κ3) is 2.59. The Morgan fingerprint density at radius 1 is 1.37 bits per heavy atom. The second-order valence-electron chi connectivity index (χ2n) is 4.09. The van der Waals surface area contributed by atoms with E-state index in [4.69, 9.17) is 10.6 Å². The first-order valence-corrected chi connectivity index (χ1v) is 6.17. The van der Waals surface area contributed by atoms with Crippen molar-refractivity contribution in [3.05, 3.63) is 11.3 Å². The minimum atomic E-state index is 0.508. The van der Waals surface area contributed by atoms with Gasteiger partial charge in [0.25, 0.3) is 5.78 Å². The summed E-state index contributed by atoms with van der Waals surface area (Å²) in [7, 11) is 1.65.